The van der Waals surface area contributed by atoms with E-state index >= 15 is 0 Å². The van der Waals surface area contributed by atoms with Crippen LogP contribution in [0.15, 0.2) is 42.7 Å². The van der Waals surface area contributed by atoms with E-state index < -0.39 is 0 Å². The lowest BCUT2D eigenvalue weighted by Crippen LogP contribution is -2.52. The van der Waals surface area contributed by atoms with Crippen LogP contribution in [-0.2, 0) is 16.0 Å². The number of carbonyl (C=O) groups excluding carboxylic acids is 1. The molecule has 1 amide bonds. The zero-order valence-corrected chi connectivity index (χ0v) is 16.3. The zero-order valence-electron chi connectivity index (χ0n) is 16.3. The van der Waals surface area contributed by atoms with Crippen LogP contribution in [-0.4, -0.2) is 52.2 Å². The molecule has 2 aliphatic heterocycles. The Bertz CT molecular complexity index is 804. The van der Waals surface area contributed by atoms with Crippen molar-refractivity contribution >= 4 is 5.91 Å². The number of aromatic nitrogens is 2. The Morgan fingerprint density at radius 1 is 1.21 bits per heavy atom. The van der Waals surface area contributed by atoms with E-state index in [9.17, 15) is 4.79 Å². The molecule has 0 aliphatic carbocycles. The van der Waals surface area contributed by atoms with E-state index in [2.05, 4.69) is 23.0 Å². The van der Waals surface area contributed by atoms with Crippen molar-refractivity contribution in [2.75, 3.05) is 19.7 Å². The number of ether oxygens (including phenoxy) is 2. The minimum atomic E-state index is -0.197. The number of rotatable bonds is 4. The van der Waals surface area contributed by atoms with Crippen LogP contribution in [0.1, 0.15) is 36.8 Å². The molecule has 0 bridgehead atoms. The van der Waals surface area contributed by atoms with Gasteiger partial charge in [0, 0.05) is 38.3 Å². The van der Waals surface area contributed by atoms with Crippen LogP contribution in [0.2, 0.25) is 0 Å². The maximum atomic E-state index is 12.7. The van der Waals surface area contributed by atoms with E-state index in [4.69, 9.17) is 9.47 Å². The number of hydrogen-bond acceptors (Lipinski definition) is 5. The van der Waals surface area contributed by atoms with E-state index in [-0.39, 0.29) is 17.6 Å². The number of hydrogen-bond donors (Lipinski definition) is 0. The van der Waals surface area contributed by atoms with Crippen LogP contribution in [0.25, 0.3) is 0 Å². The Hall–Kier alpha value is -2.47. The third-order valence-corrected chi connectivity index (χ3v) is 5.89. The topological polar surface area (TPSA) is 64.6 Å². The third-order valence-electron chi connectivity index (χ3n) is 5.89. The van der Waals surface area contributed by atoms with Crippen molar-refractivity contribution in [1.82, 2.24) is 14.9 Å². The monoisotopic (exact) mass is 381 g/mol. The van der Waals surface area contributed by atoms with E-state index in [1.807, 2.05) is 23.1 Å². The predicted molar refractivity (Wildman–Crippen MR) is 105 cm³/mol. The first kappa shape index (κ1) is 18.9. The minimum Gasteiger partial charge on any atom is -0.460 e. The lowest BCUT2D eigenvalue weighted by atomic mass is 9.83. The molecular weight excluding hydrogens is 354 g/mol. The van der Waals surface area contributed by atoms with E-state index in [1.54, 1.807) is 18.5 Å². The number of likely N-dealkylation sites (tertiary alicyclic amines) is 1. The van der Waals surface area contributed by atoms with Gasteiger partial charge in [-0.1, -0.05) is 24.3 Å². The van der Waals surface area contributed by atoms with Crippen LogP contribution >= 0.6 is 0 Å². The molecular formula is C22H27N3O3. The van der Waals surface area contributed by atoms with Gasteiger partial charge < -0.3 is 14.4 Å². The largest absolute Gasteiger partial charge is 0.460 e. The molecule has 1 atom stereocenters. The van der Waals surface area contributed by atoms with Crippen molar-refractivity contribution in [3.63, 3.8) is 0 Å². The summed E-state index contributed by atoms with van der Waals surface area (Å²) in [5.74, 6) is 0.199. The van der Waals surface area contributed by atoms with Crippen molar-refractivity contribution < 1.29 is 14.3 Å². The van der Waals surface area contributed by atoms with Crippen molar-refractivity contribution in [3.8, 4) is 6.01 Å². The molecule has 28 heavy (non-hydrogen) atoms. The van der Waals surface area contributed by atoms with E-state index in [1.165, 1.54) is 5.56 Å². The molecule has 6 heteroatoms. The van der Waals surface area contributed by atoms with Gasteiger partial charge in [0.2, 0.25) is 5.91 Å². The van der Waals surface area contributed by atoms with Crippen molar-refractivity contribution in [2.45, 2.75) is 50.7 Å². The molecule has 2 fully saturated rings. The highest BCUT2D eigenvalue weighted by molar-refractivity contribution is 5.79. The summed E-state index contributed by atoms with van der Waals surface area (Å²) in [6.45, 7) is 4.20. The fraction of sp³-hybridized carbons (Fsp3) is 0.500. The van der Waals surface area contributed by atoms with Crippen LogP contribution in [0, 0.1) is 6.92 Å². The highest BCUT2D eigenvalue weighted by Crippen LogP contribution is 2.36. The fourth-order valence-electron chi connectivity index (χ4n) is 4.17. The Balaban J connectivity index is 1.32. The lowest BCUT2D eigenvalue weighted by molar-refractivity contribution is -0.151. The summed E-state index contributed by atoms with van der Waals surface area (Å²) in [5, 5.41) is 0. The number of piperidine rings is 1. The average Bonchev–Trinajstić information content (AvgIpc) is 2.71. The Morgan fingerprint density at radius 3 is 2.71 bits per heavy atom. The van der Waals surface area contributed by atoms with Crippen molar-refractivity contribution in [3.05, 3.63) is 53.9 Å². The SMILES string of the molecule is Cc1ccccc1CC(=O)N1CCC2(CC1)CC(Oc1ncccn1)CCO2. The molecule has 6 nitrogen and oxygen atoms in total. The van der Waals surface area contributed by atoms with Gasteiger partial charge in [-0.25, -0.2) is 9.97 Å². The quantitative estimate of drug-likeness (QED) is 0.815. The number of benzene rings is 1. The molecule has 2 aliphatic rings. The molecule has 1 aromatic carbocycles. The summed E-state index contributed by atoms with van der Waals surface area (Å²) >= 11 is 0. The number of carbonyl (C=O) groups is 1. The Kier molecular flexibility index (Phi) is 5.57. The van der Waals surface area contributed by atoms with Crippen molar-refractivity contribution in [1.29, 1.82) is 0 Å². The molecule has 0 saturated carbocycles. The first-order valence-corrected chi connectivity index (χ1v) is 10.0. The fourth-order valence-corrected chi connectivity index (χ4v) is 4.17. The minimum absolute atomic E-state index is 0.0605. The molecule has 0 N–H and O–H groups in total. The van der Waals surface area contributed by atoms with Gasteiger partial charge >= 0.3 is 6.01 Å². The van der Waals surface area contributed by atoms with Crippen LogP contribution in [0.3, 0.4) is 0 Å². The second kappa shape index (κ2) is 8.27. The third kappa shape index (κ3) is 4.33. The number of aryl methyl sites for hydroxylation is 1. The molecule has 1 aromatic heterocycles. The molecule has 2 saturated heterocycles. The smallest absolute Gasteiger partial charge is 0.316 e. The molecule has 4 rings (SSSR count). The second-order valence-corrected chi connectivity index (χ2v) is 7.78. The number of nitrogens with zero attached hydrogens (tertiary/aromatic N) is 3. The first-order chi connectivity index (χ1) is 13.6. The summed E-state index contributed by atoms with van der Waals surface area (Å²) in [4.78, 5) is 23.0. The standard InChI is InChI=1S/C22H27N3O3/c1-17-5-2-3-6-18(17)15-20(26)25-12-8-22(9-13-25)16-19(7-14-27-22)28-21-23-10-4-11-24-21/h2-6,10-11,19H,7-9,12-16H2,1H3. The molecule has 1 spiro atoms. The Labute approximate surface area is 165 Å². The average molecular weight is 381 g/mol. The summed E-state index contributed by atoms with van der Waals surface area (Å²) < 4.78 is 12.1. The van der Waals surface area contributed by atoms with Gasteiger partial charge in [0.1, 0.15) is 6.10 Å². The van der Waals surface area contributed by atoms with Gasteiger partial charge in [0.25, 0.3) is 0 Å². The van der Waals surface area contributed by atoms with Gasteiger partial charge in [-0.2, -0.15) is 0 Å². The van der Waals surface area contributed by atoms with Gasteiger partial charge in [0.15, 0.2) is 0 Å². The number of amides is 1. The van der Waals surface area contributed by atoms with E-state index in [0.29, 0.717) is 19.0 Å². The predicted octanol–water partition coefficient (Wildman–Crippen LogP) is 2.95. The van der Waals surface area contributed by atoms with Crippen LogP contribution in [0.4, 0.5) is 0 Å². The highest BCUT2D eigenvalue weighted by Gasteiger charge is 2.42. The van der Waals surface area contributed by atoms with Crippen LogP contribution in [0.5, 0.6) is 6.01 Å². The second-order valence-electron chi connectivity index (χ2n) is 7.78. The van der Waals surface area contributed by atoms with Gasteiger partial charge in [-0.05, 0) is 37.0 Å². The summed E-state index contributed by atoms with van der Waals surface area (Å²) in [6, 6.07) is 10.3. The van der Waals surface area contributed by atoms with Gasteiger partial charge in [-0.3, -0.25) is 4.79 Å². The maximum Gasteiger partial charge on any atom is 0.316 e. The van der Waals surface area contributed by atoms with Gasteiger partial charge in [0.05, 0.1) is 18.6 Å². The summed E-state index contributed by atoms with van der Waals surface area (Å²) in [5.41, 5.74) is 2.08. The molecule has 3 heterocycles. The molecule has 148 valence electrons. The first-order valence-electron chi connectivity index (χ1n) is 10.0. The highest BCUT2D eigenvalue weighted by atomic mass is 16.5. The maximum absolute atomic E-state index is 12.7. The van der Waals surface area contributed by atoms with Gasteiger partial charge in [-0.15, -0.1) is 0 Å². The van der Waals surface area contributed by atoms with Crippen molar-refractivity contribution in [2.24, 2.45) is 0 Å². The Morgan fingerprint density at radius 2 is 1.96 bits per heavy atom. The zero-order chi connectivity index (χ0) is 19.4. The molecule has 0 radical (unpaired) electrons. The van der Waals surface area contributed by atoms with Crippen LogP contribution < -0.4 is 4.74 Å². The molecule has 2 aromatic rings. The summed E-state index contributed by atoms with van der Waals surface area (Å²) in [6.07, 6.45) is 7.28. The molecule has 1 unspecified atom stereocenters. The van der Waals surface area contributed by atoms with E-state index in [0.717, 1.165) is 44.3 Å². The summed E-state index contributed by atoms with van der Waals surface area (Å²) in [7, 11) is 0. The lowest BCUT2D eigenvalue weighted by Gasteiger charge is -2.45. The normalized spacial score (nSPS) is 21.5.